The number of carbonyl (C=O) groups excluding carboxylic acids is 1. The Labute approximate surface area is 198 Å². The average molecular weight is 461 g/mol. The van der Waals surface area contributed by atoms with Crippen molar-refractivity contribution in [2.45, 2.75) is 38.5 Å². The minimum absolute atomic E-state index is 0.00640. The first-order valence-corrected chi connectivity index (χ1v) is 11.5. The fraction of sp³-hybridized carbons (Fsp3) is 0.333. The van der Waals surface area contributed by atoms with Gasteiger partial charge in [-0.3, -0.25) is 4.79 Å². The number of allylic oxidation sites excluding steroid dienone is 2. The maximum atomic E-state index is 13.7. The molecule has 1 aliphatic heterocycles. The third-order valence-corrected chi connectivity index (χ3v) is 6.67. The number of nitrogens with one attached hydrogen (secondary N) is 1. The second kappa shape index (κ2) is 8.89. The number of para-hydroxylation sites is 1. The van der Waals surface area contributed by atoms with Crippen LogP contribution in [0, 0.1) is 6.92 Å². The quantitative estimate of drug-likeness (QED) is 0.530. The maximum Gasteiger partial charge on any atom is 0.233 e. The second-order valence-corrected chi connectivity index (χ2v) is 8.57. The number of hydrogen-bond donors (Lipinski definition) is 1. The number of hydrogen-bond acceptors (Lipinski definition) is 7. The van der Waals surface area contributed by atoms with Gasteiger partial charge in [0.2, 0.25) is 5.88 Å². The smallest absolute Gasteiger partial charge is 0.233 e. The summed E-state index contributed by atoms with van der Waals surface area (Å²) >= 11 is 0. The van der Waals surface area contributed by atoms with Crippen molar-refractivity contribution < 1.29 is 23.5 Å². The topological polar surface area (TPSA) is 82.8 Å². The number of Topliss-reactive ketones (excluding diaryl/α,β-unsaturated/α-hetero) is 1. The number of fused-ring (bicyclic) bond motifs is 1. The van der Waals surface area contributed by atoms with Crippen molar-refractivity contribution in [3.63, 3.8) is 0 Å². The van der Waals surface area contributed by atoms with Gasteiger partial charge in [0.1, 0.15) is 5.75 Å². The molecule has 0 radical (unpaired) electrons. The lowest BCUT2D eigenvalue weighted by Gasteiger charge is -2.35. The zero-order valence-electron chi connectivity index (χ0n) is 19.8. The van der Waals surface area contributed by atoms with E-state index in [4.69, 9.17) is 18.7 Å². The molecule has 2 aromatic carbocycles. The van der Waals surface area contributed by atoms with E-state index in [0.29, 0.717) is 36.8 Å². The van der Waals surface area contributed by atoms with E-state index in [0.717, 1.165) is 39.4 Å². The van der Waals surface area contributed by atoms with Gasteiger partial charge in [0, 0.05) is 23.3 Å². The minimum Gasteiger partial charge on any atom is -0.494 e. The Morgan fingerprint density at radius 1 is 1.06 bits per heavy atom. The molecule has 7 heteroatoms. The van der Waals surface area contributed by atoms with E-state index in [2.05, 4.69) is 10.5 Å². The third-order valence-electron chi connectivity index (χ3n) is 6.67. The molecule has 1 N–H and O–H groups in total. The zero-order valence-corrected chi connectivity index (χ0v) is 19.8. The molecule has 5 rings (SSSR count). The van der Waals surface area contributed by atoms with Crippen molar-refractivity contribution >= 4 is 11.7 Å². The summed E-state index contributed by atoms with van der Waals surface area (Å²) in [6.07, 6.45) is 1.08. The van der Waals surface area contributed by atoms with Crippen LogP contribution >= 0.6 is 0 Å². The molecule has 0 fully saturated rings. The second-order valence-electron chi connectivity index (χ2n) is 8.57. The number of carbonyl (C=O) groups is 1. The Bertz CT molecular complexity index is 1280. The first kappa shape index (κ1) is 22.1. The van der Waals surface area contributed by atoms with E-state index in [1.807, 2.05) is 56.3 Å². The predicted molar refractivity (Wildman–Crippen MR) is 128 cm³/mol. The minimum atomic E-state index is -0.292. The van der Waals surface area contributed by atoms with Crippen LogP contribution in [0.5, 0.6) is 17.2 Å². The lowest BCUT2D eigenvalue weighted by atomic mass is 9.72. The van der Waals surface area contributed by atoms with Gasteiger partial charge in [-0.2, -0.15) is 0 Å². The molecule has 2 aliphatic rings. The Balaban J connectivity index is 1.60. The third kappa shape index (κ3) is 3.61. The van der Waals surface area contributed by atoms with Crippen LogP contribution in [0.4, 0.5) is 5.88 Å². The van der Waals surface area contributed by atoms with Gasteiger partial charge in [0.15, 0.2) is 17.3 Å². The van der Waals surface area contributed by atoms with Gasteiger partial charge in [-0.05, 0) is 49.9 Å². The Morgan fingerprint density at radius 2 is 1.85 bits per heavy atom. The van der Waals surface area contributed by atoms with Gasteiger partial charge < -0.3 is 24.1 Å². The number of aromatic nitrogens is 1. The highest BCUT2D eigenvalue weighted by atomic mass is 16.5. The Kier molecular flexibility index (Phi) is 5.77. The summed E-state index contributed by atoms with van der Waals surface area (Å²) < 4.78 is 22.5. The fourth-order valence-corrected chi connectivity index (χ4v) is 5.13. The number of aryl methyl sites for hydroxylation is 1. The summed E-state index contributed by atoms with van der Waals surface area (Å²) in [4.78, 5) is 13.7. The molecular weight excluding hydrogens is 432 g/mol. The molecule has 1 aromatic heterocycles. The van der Waals surface area contributed by atoms with Gasteiger partial charge >= 0.3 is 0 Å². The van der Waals surface area contributed by atoms with Crippen molar-refractivity contribution in [2.75, 3.05) is 26.1 Å². The van der Waals surface area contributed by atoms with Crippen molar-refractivity contribution in [2.24, 2.45) is 0 Å². The monoisotopic (exact) mass is 460 g/mol. The van der Waals surface area contributed by atoms with Gasteiger partial charge in [-0.15, -0.1) is 0 Å². The summed E-state index contributed by atoms with van der Waals surface area (Å²) in [7, 11) is 3.23. The SMILES string of the molecule is CCOc1ccccc1[C@@H]1C2=C(C[C@@H](c3ccc(OC)c(OC)c3)CC2=O)Nc2onc(C)c21. The number of anilines is 1. The molecule has 2 atom stereocenters. The molecule has 7 nitrogen and oxygen atoms in total. The highest BCUT2D eigenvalue weighted by Gasteiger charge is 2.42. The maximum absolute atomic E-state index is 13.7. The lowest BCUT2D eigenvalue weighted by Crippen LogP contribution is -2.29. The first-order chi connectivity index (χ1) is 16.5. The van der Waals surface area contributed by atoms with E-state index in [9.17, 15) is 4.79 Å². The molecule has 3 aromatic rings. The lowest BCUT2D eigenvalue weighted by molar-refractivity contribution is -0.116. The number of rotatable bonds is 6. The molecule has 0 unspecified atom stereocenters. The van der Waals surface area contributed by atoms with Gasteiger partial charge in [0.25, 0.3) is 0 Å². The largest absolute Gasteiger partial charge is 0.494 e. The molecule has 0 bridgehead atoms. The summed E-state index contributed by atoms with van der Waals surface area (Å²) in [5.74, 6) is 2.50. The molecule has 0 saturated carbocycles. The molecule has 0 amide bonds. The van der Waals surface area contributed by atoms with Gasteiger partial charge in [-0.25, -0.2) is 0 Å². The summed E-state index contributed by atoms with van der Waals surface area (Å²) in [5, 5.41) is 7.59. The number of nitrogens with zero attached hydrogens (tertiary/aromatic N) is 1. The fourth-order valence-electron chi connectivity index (χ4n) is 5.13. The Morgan fingerprint density at radius 3 is 2.62 bits per heavy atom. The molecule has 0 saturated heterocycles. The highest BCUT2D eigenvalue weighted by Crippen LogP contribution is 2.51. The molecule has 34 heavy (non-hydrogen) atoms. The standard InChI is InChI=1S/C27H28N2O5/c1-5-33-21-9-7-6-8-18(21)25-24-15(2)29-34-27(24)28-19-12-17(13-20(30)26(19)25)16-10-11-22(31-3)23(14-16)32-4/h6-11,14,17,25,28H,5,12-13H2,1-4H3/t17-,25+/m1/s1. The number of benzene rings is 2. The van der Waals surface area contributed by atoms with E-state index < -0.39 is 0 Å². The van der Waals surface area contributed by atoms with Crippen LogP contribution in [-0.2, 0) is 4.79 Å². The van der Waals surface area contributed by atoms with E-state index in [1.54, 1.807) is 14.2 Å². The molecule has 176 valence electrons. The van der Waals surface area contributed by atoms with Crippen LogP contribution in [0.15, 0.2) is 58.3 Å². The number of ketones is 1. The van der Waals surface area contributed by atoms with Crippen LogP contribution in [0.3, 0.4) is 0 Å². The van der Waals surface area contributed by atoms with Crippen LogP contribution < -0.4 is 19.5 Å². The first-order valence-electron chi connectivity index (χ1n) is 11.5. The zero-order chi connectivity index (χ0) is 23.8. The number of ether oxygens (including phenoxy) is 3. The molecule has 1 aliphatic carbocycles. The van der Waals surface area contributed by atoms with Crippen LogP contribution in [0.1, 0.15) is 54.0 Å². The summed E-state index contributed by atoms with van der Waals surface area (Å²) in [6.45, 7) is 4.41. The average Bonchev–Trinajstić information content (AvgIpc) is 3.23. The van der Waals surface area contributed by atoms with Crippen LogP contribution in [0.2, 0.25) is 0 Å². The van der Waals surface area contributed by atoms with Crippen LogP contribution in [0.25, 0.3) is 0 Å². The van der Waals surface area contributed by atoms with E-state index >= 15 is 0 Å². The summed E-state index contributed by atoms with van der Waals surface area (Å²) in [5.41, 5.74) is 5.27. The van der Waals surface area contributed by atoms with E-state index in [1.165, 1.54) is 0 Å². The highest BCUT2D eigenvalue weighted by molar-refractivity contribution is 6.01. The number of methoxy groups -OCH3 is 2. The predicted octanol–water partition coefficient (Wildman–Crippen LogP) is 5.36. The summed E-state index contributed by atoms with van der Waals surface area (Å²) in [6, 6.07) is 13.7. The molecular formula is C27H28N2O5. The Hall–Kier alpha value is -3.74. The molecule has 0 spiro atoms. The van der Waals surface area contributed by atoms with Gasteiger partial charge in [0.05, 0.1) is 38.0 Å². The molecule has 2 heterocycles. The van der Waals surface area contributed by atoms with Gasteiger partial charge in [-0.1, -0.05) is 29.4 Å². The van der Waals surface area contributed by atoms with Crippen molar-refractivity contribution in [3.8, 4) is 17.2 Å². The van der Waals surface area contributed by atoms with Crippen LogP contribution in [-0.4, -0.2) is 31.8 Å². The van der Waals surface area contributed by atoms with Crippen molar-refractivity contribution in [1.82, 2.24) is 5.16 Å². The normalized spacial score (nSPS) is 19.2. The van der Waals surface area contributed by atoms with E-state index in [-0.39, 0.29) is 17.6 Å². The van der Waals surface area contributed by atoms with Crippen molar-refractivity contribution in [3.05, 3.63) is 76.1 Å². The van der Waals surface area contributed by atoms with Crippen molar-refractivity contribution in [1.29, 1.82) is 0 Å².